The zero-order valence-corrected chi connectivity index (χ0v) is 9.00. The van der Waals surface area contributed by atoms with Gasteiger partial charge in [0.15, 0.2) is 0 Å². The van der Waals surface area contributed by atoms with Gasteiger partial charge in [-0.3, -0.25) is 4.79 Å². The maximum Gasteiger partial charge on any atom is 0.309 e. The Bertz CT molecular complexity index is 212. The van der Waals surface area contributed by atoms with E-state index in [9.17, 15) is 4.79 Å². The van der Waals surface area contributed by atoms with Gasteiger partial charge in [-0.05, 0) is 19.3 Å². The zero-order valence-electron chi connectivity index (χ0n) is 9.00. The molecule has 2 aliphatic rings. The van der Waals surface area contributed by atoms with Gasteiger partial charge in [0.05, 0.1) is 5.92 Å². The predicted octanol–water partition coefficient (Wildman–Crippen LogP) is 2.91. The maximum absolute atomic E-state index is 11.6. The first-order valence-electron chi connectivity index (χ1n) is 6.03. The van der Waals surface area contributed by atoms with E-state index in [1.807, 2.05) is 0 Å². The minimum absolute atomic E-state index is 0.0933. The van der Waals surface area contributed by atoms with Gasteiger partial charge < -0.3 is 4.74 Å². The van der Waals surface area contributed by atoms with Crippen molar-refractivity contribution >= 4 is 5.97 Å². The predicted molar refractivity (Wildman–Crippen MR) is 54.9 cm³/mol. The van der Waals surface area contributed by atoms with Gasteiger partial charge in [0.25, 0.3) is 0 Å². The molecule has 0 N–H and O–H groups in total. The fraction of sp³-hybridized carbons (Fsp3) is 0.917. The topological polar surface area (TPSA) is 26.3 Å². The number of carbonyl (C=O) groups is 1. The van der Waals surface area contributed by atoms with Crippen LogP contribution in [0.2, 0.25) is 0 Å². The van der Waals surface area contributed by atoms with Gasteiger partial charge in [0.2, 0.25) is 0 Å². The Morgan fingerprint density at radius 2 is 2.14 bits per heavy atom. The van der Waals surface area contributed by atoms with Crippen molar-refractivity contribution in [1.29, 1.82) is 0 Å². The average Bonchev–Trinajstić information content (AvgIpc) is 2.54. The van der Waals surface area contributed by atoms with Crippen LogP contribution in [0.25, 0.3) is 0 Å². The lowest BCUT2D eigenvalue weighted by molar-refractivity contribution is -0.144. The van der Waals surface area contributed by atoms with Crippen molar-refractivity contribution in [1.82, 2.24) is 0 Å². The Labute approximate surface area is 86.0 Å². The van der Waals surface area contributed by atoms with Crippen molar-refractivity contribution in [2.75, 3.05) is 0 Å². The Balaban J connectivity index is 1.95. The molecule has 2 rings (SSSR count). The molecule has 0 amide bonds. The number of ether oxygens (including phenoxy) is 1. The van der Waals surface area contributed by atoms with E-state index in [0.29, 0.717) is 5.92 Å². The summed E-state index contributed by atoms with van der Waals surface area (Å²) in [6, 6.07) is 0. The summed E-state index contributed by atoms with van der Waals surface area (Å²) in [5.74, 6) is 0.907. The highest BCUT2D eigenvalue weighted by atomic mass is 16.6. The average molecular weight is 196 g/mol. The summed E-state index contributed by atoms with van der Waals surface area (Å²) in [6.45, 7) is 2.19. The SMILES string of the molecule is CCCC[C@H]1OC(=O)[C@H]2CCCC[C@H]21. The summed E-state index contributed by atoms with van der Waals surface area (Å²) < 4.78 is 5.47. The molecular weight excluding hydrogens is 176 g/mol. The van der Waals surface area contributed by atoms with E-state index in [1.165, 1.54) is 32.1 Å². The zero-order chi connectivity index (χ0) is 9.97. The van der Waals surface area contributed by atoms with Crippen molar-refractivity contribution < 1.29 is 9.53 Å². The second-order valence-corrected chi connectivity index (χ2v) is 4.67. The highest BCUT2D eigenvalue weighted by Gasteiger charge is 2.44. The molecule has 80 valence electrons. The van der Waals surface area contributed by atoms with Crippen LogP contribution in [0.15, 0.2) is 0 Å². The standard InChI is InChI=1S/C12H20O2/c1-2-3-8-11-9-6-4-5-7-10(9)12(13)14-11/h9-11H,2-8H2,1H3/t9-,10+,11-/m1/s1. The first-order valence-corrected chi connectivity index (χ1v) is 6.03. The summed E-state index contributed by atoms with van der Waals surface area (Å²) in [7, 11) is 0. The van der Waals surface area contributed by atoms with E-state index in [2.05, 4.69) is 6.92 Å². The van der Waals surface area contributed by atoms with Gasteiger partial charge in [0, 0.05) is 5.92 Å². The minimum atomic E-state index is 0.0933. The third-order valence-corrected chi connectivity index (χ3v) is 3.71. The molecule has 0 bridgehead atoms. The van der Waals surface area contributed by atoms with Crippen molar-refractivity contribution in [3.8, 4) is 0 Å². The summed E-state index contributed by atoms with van der Waals surface area (Å²) in [6.07, 6.45) is 8.54. The van der Waals surface area contributed by atoms with Crippen molar-refractivity contribution in [2.45, 2.75) is 58.0 Å². The molecule has 1 saturated heterocycles. The molecule has 0 radical (unpaired) electrons. The smallest absolute Gasteiger partial charge is 0.309 e. The summed E-state index contributed by atoms with van der Waals surface area (Å²) >= 11 is 0. The fourth-order valence-corrected chi connectivity index (χ4v) is 2.90. The first kappa shape index (κ1) is 10.0. The van der Waals surface area contributed by atoms with Gasteiger partial charge in [0.1, 0.15) is 6.10 Å². The number of fused-ring (bicyclic) bond motifs is 1. The molecule has 2 nitrogen and oxygen atoms in total. The lowest BCUT2D eigenvalue weighted by atomic mass is 9.77. The monoisotopic (exact) mass is 196 g/mol. The highest BCUT2D eigenvalue weighted by Crippen LogP contribution is 2.41. The third-order valence-electron chi connectivity index (χ3n) is 3.71. The first-order chi connectivity index (χ1) is 6.83. The molecule has 14 heavy (non-hydrogen) atoms. The van der Waals surface area contributed by atoms with E-state index in [0.717, 1.165) is 12.8 Å². The van der Waals surface area contributed by atoms with Crippen LogP contribution in [0, 0.1) is 11.8 Å². The number of esters is 1. The van der Waals surface area contributed by atoms with Crippen LogP contribution in [0.1, 0.15) is 51.9 Å². The summed E-state index contributed by atoms with van der Waals surface area (Å²) in [4.78, 5) is 11.6. The normalized spacial score (nSPS) is 36.6. The van der Waals surface area contributed by atoms with E-state index in [1.54, 1.807) is 0 Å². The second-order valence-electron chi connectivity index (χ2n) is 4.67. The fourth-order valence-electron chi connectivity index (χ4n) is 2.90. The molecule has 0 unspecified atom stereocenters. The Hall–Kier alpha value is -0.530. The molecule has 2 heteroatoms. The van der Waals surface area contributed by atoms with Crippen molar-refractivity contribution in [3.63, 3.8) is 0 Å². The Morgan fingerprint density at radius 1 is 1.36 bits per heavy atom. The van der Waals surface area contributed by atoms with Crippen LogP contribution in [0.5, 0.6) is 0 Å². The lowest BCUT2D eigenvalue weighted by Crippen LogP contribution is -2.24. The summed E-state index contributed by atoms with van der Waals surface area (Å²) in [5.41, 5.74) is 0. The van der Waals surface area contributed by atoms with Crippen molar-refractivity contribution in [3.05, 3.63) is 0 Å². The van der Waals surface area contributed by atoms with Crippen LogP contribution < -0.4 is 0 Å². The molecule has 0 aromatic carbocycles. The number of unbranched alkanes of at least 4 members (excludes halogenated alkanes) is 1. The molecule has 0 spiro atoms. The quantitative estimate of drug-likeness (QED) is 0.649. The van der Waals surface area contributed by atoms with Crippen LogP contribution in [-0.4, -0.2) is 12.1 Å². The van der Waals surface area contributed by atoms with E-state index in [4.69, 9.17) is 4.74 Å². The molecule has 0 aromatic rings. The number of cyclic esters (lactones) is 1. The van der Waals surface area contributed by atoms with Crippen molar-refractivity contribution in [2.24, 2.45) is 11.8 Å². The Morgan fingerprint density at radius 3 is 2.93 bits per heavy atom. The van der Waals surface area contributed by atoms with Crippen LogP contribution in [0.4, 0.5) is 0 Å². The minimum Gasteiger partial charge on any atom is -0.462 e. The van der Waals surface area contributed by atoms with Gasteiger partial charge >= 0.3 is 5.97 Å². The van der Waals surface area contributed by atoms with Gasteiger partial charge in [-0.2, -0.15) is 0 Å². The number of hydrogen-bond acceptors (Lipinski definition) is 2. The van der Waals surface area contributed by atoms with Crippen LogP contribution in [-0.2, 0) is 9.53 Å². The van der Waals surface area contributed by atoms with Gasteiger partial charge in [-0.15, -0.1) is 0 Å². The number of rotatable bonds is 3. The second kappa shape index (κ2) is 4.33. The highest BCUT2D eigenvalue weighted by molar-refractivity contribution is 5.75. The number of hydrogen-bond donors (Lipinski definition) is 0. The maximum atomic E-state index is 11.6. The van der Waals surface area contributed by atoms with Crippen LogP contribution in [0.3, 0.4) is 0 Å². The Kier molecular flexibility index (Phi) is 3.09. The largest absolute Gasteiger partial charge is 0.462 e. The lowest BCUT2D eigenvalue weighted by Gasteiger charge is -2.24. The van der Waals surface area contributed by atoms with E-state index < -0.39 is 0 Å². The molecule has 1 heterocycles. The third kappa shape index (κ3) is 1.79. The molecule has 0 aromatic heterocycles. The molecule has 1 aliphatic heterocycles. The van der Waals surface area contributed by atoms with Gasteiger partial charge in [-0.1, -0.05) is 32.6 Å². The molecule has 1 saturated carbocycles. The number of carbonyl (C=O) groups excluding carboxylic acids is 1. The van der Waals surface area contributed by atoms with Gasteiger partial charge in [-0.25, -0.2) is 0 Å². The molecule has 3 atom stereocenters. The molecule has 1 aliphatic carbocycles. The van der Waals surface area contributed by atoms with Crippen LogP contribution >= 0.6 is 0 Å². The van der Waals surface area contributed by atoms with E-state index in [-0.39, 0.29) is 18.0 Å². The molecule has 2 fully saturated rings. The summed E-state index contributed by atoms with van der Waals surface area (Å²) in [5, 5.41) is 0. The van der Waals surface area contributed by atoms with E-state index >= 15 is 0 Å². The molecular formula is C12H20O2.